The van der Waals surface area contributed by atoms with E-state index in [1.165, 1.54) is 77.0 Å². The normalized spacial score (nSPS) is 11.5. The number of benzene rings is 16. The quantitative estimate of drug-likeness (QED) is 0.122. The Hall–Kier alpha value is -13.7. The van der Waals surface area contributed by atoms with E-state index in [1.807, 2.05) is 24.3 Å². The maximum atomic E-state index is 6.34. The van der Waals surface area contributed by atoms with Gasteiger partial charge in [-0.15, -0.1) is 0 Å². The van der Waals surface area contributed by atoms with E-state index in [-0.39, 0.29) is 0 Å². The van der Waals surface area contributed by atoms with Crippen molar-refractivity contribution in [3.63, 3.8) is 0 Å². The van der Waals surface area contributed by atoms with E-state index in [0.717, 1.165) is 101 Å². The predicted octanol–water partition coefficient (Wildman–Crippen LogP) is 27.0. The lowest BCUT2D eigenvalue weighted by molar-refractivity contribution is 0.668. The molecule has 0 aliphatic heterocycles. The second-order valence-electron chi connectivity index (χ2n) is 26.0. The Kier molecular flexibility index (Phi) is 14.8. The van der Waals surface area contributed by atoms with Gasteiger partial charge >= 0.3 is 0 Å². The highest BCUT2D eigenvalue weighted by Gasteiger charge is 2.21. The number of anilines is 6. The first-order valence-corrected chi connectivity index (χ1v) is 34.7. The number of rotatable bonds is 12. The van der Waals surface area contributed by atoms with Crippen LogP contribution in [0.5, 0.6) is 0 Å². The summed E-state index contributed by atoms with van der Waals surface area (Å²) in [5, 5.41) is 9.53. The molecule has 0 aliphatic rings. The standard InChI is InChI=1S/2C48H32N2O/c1-2-11-33(12-3-1)34-21-25-37(26-22-34)49(40-29-30-48-44(32-40)43-17-6-9-20-47(43)51-48)38-27-23-35(24-28-38)36-13-10-14-39(31-36)50-45-18-7-4-15-41(45)42-16-5-8-19-46(42)50;1-2-11-33(12-3-1)34-21-25-37(26-22-34)49(40-29-30-44-43-17-6-9-20-47(43)51-48(44)32-40)38-27-23-35(24-28-38)36-13-10-14-39(31-36)50-45-18-7-4-15-41(45)42-16-5-8-19-46(42)50/h2*1-32H. The highest BCUT2D eigenvalue weighted by atomic mass is 16.3. The van der Waals surface area contributed by atoms with Gasteiger partial charge in [0, 0.05) is 94.7 Å². The number of fused-ring (bicyclic) bond motifs is 12. The molecule has 20 aromatic rings. The minimum Gasteiger partial charge on any atom is -0.456 e. The van der Waals surface area contributed by atoms with Gasteiger partial charge in [-0.2, -0.15) is 0 Å². The summed E-state index contributed by atoms with van der Waals surface area (Å²) < 4.78 is 17.3. The summed E-state index contributed by atoms with van der Waals surface area (Å²) >= 11 is 0. The zero-order chi connectivity index (χ0) is 67.5. The number of hydrogen-bond donors (Lipinski definition) is 0. The Labute approximate surface area is 589 Å². The molecule has 102 heavy (non-hydrogen) atoms. The highest BCUT2D eigenvalue weighted by Crippen LogP contribution is 2.44. The predicted molar refractivity (Wildman–Crippen MR) is 427 cm³/mol. The van der Waals surface area contributed by atoms with Gasteiger partial charge in [-0.25, -0.2) is 0 Å². The lowest BCUT2D eigenvalue weighted by Gasteiger charge is -2.26. The molecule has 6 nitrogen and oxygen atoms in total. The van der Waals surface area contributed by atoms with Gasteiger partial charge in [-0.3, -0.25) is 0 Å². The van der Waals surface area contributed by atoms with Gasteiger partial charge in [0.15, 0.2) is 0 Å². The summed E-state index contributed by atoms with van der Waals surface area (Å²) in [5.41, 5.74) is 26.6. The molecule has 0 radical (unpaired) electrons. The van der Waals surface area contributed by atoms with E-state index in [9.17, 15) is 0 Å². The minimum absolute atomic E-state index is 0.873. The Morgan fingerprint density at radius 2 is 0.451 bits per heavy atom. The Morgan fingerprint density at radius 1 is 0.167 bits per heavy atom. The van der Waals surface area contributed by atoms with E-state index in [4.69, 9.17) is 8.83 Å². The fourth-order valence-corrected chi connectivity index (χ4v) is 15.1. The van der Waals surface area contributed by atoms with Gasteiger partial charge in [0.2, 0.25) is 0 Å². The van der Waals surface area contributed by atoms with Gasteiger partial charge in [-0.1, -0.05) is 243 Å². The SMILES string of the molecule is c1ccc(-c2ccc(N(c3ccc(-c4cccc(-n5c6ccccc6c6ccccc65)c4)cc3)c3ccc4c(c3)oc3ccccc34)cc2)cc1.c1ccc(-c2ccc(N(c3ccc(-c4cccc(-n5c6ccccc6c6ccccc65)c4)cc3)c3ccc4oc5ccccc5c4c3)cc2)cc1. The molecule has 0 N–H and O–H groups in total. The van der Waals surface area contributed by atoms with E-state index >= 15 is 0 Å². The number of aromatic nitrogens is 2. The maximum Gasteiger partial charge on any atom is 0.137 e. The second kappa shape index (κ2) is 25.3. The molecule has 0 fully saturated rings. The van der Waals surface area contributed by atoms with E-state index in [1.54, 1.807) is 0 Å². The molecular formula is C96H64N4O2. The summed E-state index contributed by atoms with van der Waals surface area (Å²) in [4.78, 5) is 4.63. The van der Waals surface area contributed by atoms with E-state index in [2.05, 4.69) is 383 Å². The topological polar surface area (TPSA) is 42.6 Å². The third-order valence-electron chi connectivity index (χ3n) is 20.0. The number of hydrogen-bond acceptors (Lipinski definition) is 4. The van der Waals surface area contributed by atoms with Crippen molar-refractivity contribution >= 4 is 122 Å². The fraction of sp³-hybridized carbons (Fsp3) is 0. The van der Waals surface area contributed by atoms with Crippen LogP contribution in [-0.2, 0) is 0 Å². The molecule has 0 bridgehead atoms. The zero-order valence-corrected chi connectivity index (χ0v) is 55.6. The molecule has 0 aliphatic carbocycles. The van der Waals surface area contributed by atoms with Gasteiger partial charge in [0.1, 0.15) is 22.3 Å². The minimum atomic E-state index is 0.873. The average Bonchev–Trinajstić information content (AvgIpc) is 1.66. The third-order valence-corrected chi connectivity index (χ3v) is 20.0. The molecule has 16 aromatic carbocycles. The highest BCUT2D eigenvalue weighted by molar-refractivity contribution is 6.11. The van der Waals surface area contributed by atoms with Crippen LogP contribution in [0.15, 0.2) is 397 Å². The first-order valence-electron chi connectivity index (χ1n) is 34.7. The van der Waals surface area contributed by atoms with Crippen molar-refractivity contribution in [2.24, 2.45) is 0 Å². The molecule has 4 heterocycles. The maximum absolute atomic E-state index is 6.34. The van der Waals surface area contributed by atoms with Crippen molar-refractivity contribution in [2.45, 2.75) is 0 Å². The molecule has 4 aromatic heterocycles. The van der Waals surface area contributed by atoms with Crippen LogP contribution in [0.1, 0.15) is 0 Å². The van der Waals surface area contributed by atoms with Crippen LogP contribution in [0.25, 0.3) is 143 Å². The Balaban J connectivity index is 0.000000141. The molecule has 0 spiro atoms. The van der Waals surface area contributed by atoms with Crippen molar-refractivity contribution in [3.8, 4) is 55.9 Å². The number of nitrogens with zero attached hydrogens (tertiary/aromatic N) is 4. The first kappa shape index (κ1) is 59.6. The lowest BCUT2D eigenvalue weighted by Crippen LogP contribution is -2.09. The second-order valence-corrected chi connectivity index (χ2v) is 26.0. The van der Waals surface area contributed by atoms with Crippen LogP contribution >= 0.6 is 0 Å². The van der Waals surface area contributed by atoms with Crippen molar-refractivity contribution < 1.29 is 8.83 Å². The molecular weight excluding hydrogens is 1240 g/mol. The van der Waals surface area contributed by atoms with Gasteiger partial charge in [0.25, 0.3) is 0 Å². The van der Waals surface area contributed by atoms with Crippen molar-refractivity contribution in [1.82, 2.24) is 9.13 Å². The number of furan rings is 2. The summed E-state index contributed by atoms with van der Waals surface area (Å²) in [6, 6.07) is 138. The summed E-state index contributed by atoms with van der Waals surface area (Å²) in [6.07, 6.45) is 0. The summed E-state index contributed by atoms with van der Waals surface area (Å²) in [7, 11) is 0. The van der Waals surface area contributed by atoms with Crippen molar-refractivity contribution in [3.05, 3.63) is 388 Å². The average molecular weight is 1310 g/mol. The monoisotopic (exact) mass is 1300 g/mol. The molecule has 6 heteroatoms. The molecule has 0 unspecified atom stereocenters. The molecule has 0 saturated carbocycles. The molecule has 0 amide bonds. The Morgan fingerprint density at radius 3 is 0.873 bits per heavy atom. The molecule has 20 rings (SSSR count). The van der Waals surface area contributed by atoms with Gasteiger partial charge in [0.05, 0.1) is 22.1 Å². The van der Waals surface area contributed by atoms with Crippen LogP contribution in [0, 0.1) is 0 Å². The van der Waals surface area contributed by atoms with Crippen LogP contribution < -0.4 is 9.80 Å². The lowest BCUT2D eigenvalue weighted by atomic mass is 10.0. The largest absolute Gasteiger partial charge is 0.456 e. The van der Waals surface area contributed by atoms with Crippen LogP contribution in [-0.4, -0.2) is 9.13 Å². The van der Waals surface area contributed by atoms with Crippen LogP contribution in [0.4, 0.5) is 34.1 Å². The van der Waals surface area contributed by atoms with Crippen molar-refractivity contribution in [2.75, 3.05) is 9.80 Å². The third kappa shape index (κ3) is 10.7. The molecule has 0 saturated heterocycles. The Bertz CT molecular complexity index is 6370. The van der Waals surface area contributed by atoms with Gasteiger partial charge < -0.3 is 27.8 Å². The fourth-order valence-electron chi connectivity index (χ4n) is 15.1. The number of para-hydroxylation sites is 6. The van der Waals surface area contributed by atoms with E-state index < -0.39 is 0 Å². The zero-order valence-electron chi connectivity index (χ0n) is 55.6. The molecule has 480 valence electrons. The van der Waals surface area contributed by atoms with Crippen molar-refractivity contribution in [1.29, 1.82) is 0 Å². The molecule has 0 atom stereocenters. The van der Waals surface area contributed by atoms with Gasteiger partial charge in [-0.05, 0) is 184 Å². The van der Waals surface area contributed by atoms with E-state index in [0.29, 0.717) is 0 Å². The van der Waals surface area contributed by atoms with Crippen LogP contribution in [0.3, 0.4) is 0 Å². The summed E-state index contributed by atoms with van der Waals surface area (Å²) in [6.45, 7) is 0. The first-order chi connectivity index (χ1) is 50.6. The summed E-state index contributed by atoms with van der Waals surface area (Å²) in [5.74, 6) is 0. The van der Waals surface area contributed by atoms with Crippen LogP contribution in [0.2, 0.25) is 0 Å². The smallest absolute Gasteiger partial charge is 0.137 e.